The average molecular weight is 471 g/mol. The Bertz CT molecular complexity index is 1230. The number of nitrogens with zero attached hydrogens (tertiary/aromatic N) is 2. The lowest BCUT2D eigenvalue weighted by atomic mass is 9.79. The van der Waals surface area contributed by atoms with Gasteiger partial charge >= 0.3 is 5.97 Å². The third-order valence-electron chi connectivity index (χ3n) is 5.49. The molecule has 0 spiro atoms. The quantitative estimate of drug-likeness (QED) is 0.393. The molecule has 0 aromatic heterocycles. The number of carbonyl (C=O) groups is 2. The topological polar surface area (TPSA) is 101 Å². The predicted molar refractivity (Wildman–Crippen MR) is 119 cm³/mol. The molecule has 1 aliphatic rings. The molecule has 3 aromatic carbocycles. The summed E-state index contributed by atoms with van der Waals surface area (Å²) in [6, 6.07) is 16.2. The average Bonchev–Trinajstić information content (AvgIpc) is 2.76. The van der Waals surface area contributed by atoms with Gasteiger partial charge in [-0.25, -0.2) is 0 Å². The van der Waals surface area contributed by atoms with Crippen LogP contribution in [0.15, 0.2) is 66.7 Å². The SMILES string of the molecule is O=C(O)C1c2ccccc2C(=O)N(Cc2ccc([N+](=O)[O-])cc2)C1c1ccc(Cl)cc1Cl. The summed E-state index contributed by atoms with van der Waals surface area (Å²) in [5, 5.41) is 21.7. The van der Waals surface area contributed by atoms with E-state index in [0.29, 0.717) is 27.3 Å². The van der Waals surface area contributed by atoms with E-state index in [1.807, 2.05) is 0 Å². The maximum Gasteiger partial charge on any atom is 0.313 e. The van der Waals surface area contributed by atoms with E-state index in [2.05, 4.69) is 0 Å². The van der Waals surface area contributed by atoms with Gasteiger partial charge in [-0.1, -0.05) is 59.6 Å². The zero-order valence-corrected chi connectivity index (χ0v) is 18.0. The molecule has 162 valence electrons. The molecule has 1 heterocycles. The van der Waals surface area contributed by atoms with Gasteiger partial charge in [-0.2, -0.15) is 0 Å². The van der Waals surface area contributed by atoms with Crippen molar-refractivity contribution < 1.29 is 19.6 Å². The van der Waals surface area contributed by atoms with Crippen LogP contribution in [-0.2, 0) is 11.3 Å². The molecule has 0 radical (unpaired) electrons. The van der Waals surface area contributed by atoms with E-state index in [0.717, 1.165) is 0 Å². The maximum absolute atomic E-state index is 13.5. The van der Waals surface area contributed by atoms with Crippen LogP contribution in [0.1, 0.15) is 39.0 Å². The molecule has 1 aliphatic heterocycles. The number of carbonyl (C=O) groups excluding carboxylic acids is 1. The van der Waals surface area contributed by atoms with Gasteiger partial charge in [0.2, 0.25) is 0 Å². The highest BCUT2D eigenvalue weighted by Crippen LogP contribution is 2.45. The Morgan fingerprint density at radius 2 is 1.72 bits per heavy atom. The lowest BCUT2D eigenvalue weighted by molar-refractivity contribution is -0.384. The summed E-state index contributed by atoms with van der Waals surface area (Å²) >= 11 is 12.5. The number of benzene rings is 3. The summed E-state index contributed by atoms with van der Waals surface area (Å²) in [6.07, 6.45) is 0. The highest BCUT2D eigenvalue weighted by molar-refractivity contribution is 6.35. The zero-order valence-electron chi connectivity index (χ0n) is 16.4. The molecule has 2 atom stereocenters. The molecule has 7 nitrogen and oxygen atoms in total. The van der Waals surface area contributed by atoms with Crippen LogP contribution in [0.5, 0.6) is 0 Å². The summed E-state index contributed by atoms with van der Waals surface area (Å²) in [7, 11) is 0. The smallest absolute Gasteiger partial charge is 0.313 e. The predicted octanol–water partition coefficient (Wildman–Crippen LogP) is 5.47. The third-order valence-corrected chi connectivity index (χ3v) is 6.05. The first-order chi connectivity index (χ1) is 15.3. The first kappa shape index (κ1) is 21.8. The van der Waals surface area contributed by atoms with Crippen LogP contribution in [0, 0.1) is 10.1 Å². The van der Waals surface area contributed by atoms with Crippen molar-refractivity contribution in [2.24, 2.45) is 0 Å². The molecule has 0 bridgehead atoms. The first-order valence-electron chi connectivity index (χ1n) is 9.59. The maximum atomic E-state index is 13.5. The van der Waals surface area contributed by atoms with Crippen LogP contribution in [0.4, 0.5) is 5.69 Å². The molecule has 0 saturated heterocycles. The molecule has 9 heteroatoms. The van der Waals surface area contributed by atoms with Crippen LogP contribution in [-0.4, -0.2) is 26.8 Å². The monoisotopic (exact) mass is 470 g/mol. The van der Waals surface area contributed by atoms with Gasteiger partial charge < -0.3 is 10.0 Å². The lowest BCUT2D eigenvalue weighted by Gasteiger charge is -2.41. The Hall–Kier alpha value is -3.42. The van der Waals surface area contributed by atoms with E-state index in [1.165, 1.54) is 23.1 Å². The van der Waals surface area contributed by atoms with Crippen molar-refractivity contribution >= 4 is 40.8 Å². The summed E-state index contributed by atoms with van der Waals surface area (Å²) in [4.78, 5) is 37.8. The Morgan fingerprint density at radius 3 is 2.34 bits per heavy atom. The molecule has 1 N–H and O–H groups in total. The number of rotatable bonds is 5. The normalized spacial score (nSPS) is 17.7. The molecule has 0 saturated carbocycles. The van der Waals surface area contributed by atoms with Crippen molar-refractivity contribution in [3.8, 4) is 0 Å². The number of non-ortho nitro benzene ring substituents is 1. The first-order valence-corrected chi connectivity index (χ1v) is 10.3. The van der Waals surface area contributed by atoms with Crippen molar-refractivity contribution in [3.63, 3.8) is 0 Å². The number of fused-ring (bicyclic) bond motifs is 1. The third kappa shape index (κ3) is 3.92. The van der Waals surface area contributed by atoms with E-state index in [9.17, 15) is 24.8 Å². The molecular weight excluding hydrogens is 455 g/mol. The molecule has 2 unspecified atom stereocenters. The number of amides is 1. The van der Waals surface area contributed by atoms with Crippen molar-refractivity contribution in [1.82, 2.24) is 4.90 Å². The van der Waals surface area contributed by atoms with Crippen LogP contribution in [0.3, 0.4) is 0 Å². The van der Waals surface area contributed by atoms with Gasteiger partial charge in [-0.05, 0) is 34.9 Å². The minimum atomic E-state index is -1.10. The van der Waals surface area contributed by atoms with Crippen molar-refractivity contribution in [2.45, 2.75) is 18.5 Å². The number of carboxylic acids is 1. The van der Waals surface area contributed by atoms with Gasteiger partial charge in [-0.3, -0.25) is 19.7 Å². The molecule has 0 fully saturated rings. The number of nitro groups is 1. The van der Waals surface area contributed by atoms with Gasteiger partial charge in [0.15, 0.2) is 0 Å². The zero-order chi connectivity index (χ0) is 23.0. The van der Waals surface area contributed by atoms with E-state index in [-0.39, 0.29) is 23.2 Å². The fourth-order valence-corrected chi connectivity index (χ4v) is 4.56. The summed E-state index contributed by atoms with van der Waals surface area (Å²) in [5.74, 6) is -2.53. The second kappa shape index (κ2) is 8.61. The molecule has 3 aromatic rings. The Kier molecular flexibility index (Phi) is 5.86. The van der Waals surface area contributed by atoms with Crippen LogP contribution < -0.4 is 0 Å². The van der Waals surface area contributed by atoms with Gasteiger partial charge in [0.25, 0.3) is 11.6 Å². The summed E-state index contributed by atoms with van der Waals surface area (Å²) in [5.41, 5.74) is 1.68. The van der Waals surface area contributed by atoms with Gasteiger partial charge in [0.05, 0.1) is 11.0 Å². The van der Waals surface area contributed by atoms with Gasteiger partial charge in [0, 0.05) is 34.3 Å². The molecule has 0 aliphatic carbocycles. The number of nitro benzene ring substituents is 1. The molecule has 32 heavy (non-hydrogen) atoms. The molecular formula is C23H16Cl2N2O5. The largest absolute Gasteiger partial charge is 0.481 e. The number of carboxylic acid groups (broad SMARTS) is 1. The Balaban J connectivity index is 1.86. The van der Waals surface area contributed by atoms with E-state index in [4.69, 9.17) is 23.2 Å². The standard InChI is InChI=1S/C23H16Cl2N2O5/c24-14-7-10-18(19(25)11-14)21-20(23(29)30)16-3-1-2-4-17(16)22(28)26(21)12-13-5-8-15(9-6-13)27(31)32/h1-11,20-21H,12H2,(H,29,30). The molecule has 4 rings (SSSR count). The van der Waals surface area contributed by atoms with Crippen LogP contribution in [0.2, 0.25) is 10.0 Å². The second-order valence-corrected chi connectivity index (χ2v) is 8.21. The number of halogens is 2. The second-order valence-electron chi connectivity index (χ2n) is 7.37. The van der Waals surface area contributed by atoms with Crippen LogP contribution >= 0.6 is 23.2 Å². The van der Waals surface area contributed by atoms with E-state index >= 15 is 0 Å². The van der Waals surface area contributed by atoms with Crippen molar-refractivity contribution in [2.75, 3.05) is 0 Å². The molecule has 1 amide bonds. The number of hydrogen-bond donors (Lipinski definition) is 1. The van der Waals surface area contributed by atoms with Crippen LogP contribution in [0.25, 0.3) is 0 Å². The van der Waals surface area contributed by atoms with Crippen molar-refractivity contribution in [3.05, 3.63) is 109 Å². The fourth-order valence-electron chi connectivity index (χ4n) is 4.04. The van der Waals surface area contributed by atoms with Gasteiger partial charge in [0.1, 0.15) is 5.92 Å². The highest BCUT2D eigenvalue weighted by atomic mass is 35.5. The Morgan fingerprint density at radius 1 is 1.03 bits per heavy atom. The fraction of sp³-hybridized carbons (Fsp3) is 0.130. The minimum Gasteiger partial charge on any atom is -0.481 e. The van der Waals surface area contributed by atoms with Crippen molar-refractivity contribution in [1.29, 1.82) is 0 Å². The lowest BCUT2D eigenvalue weighted by Crippen LogP contribution is -2.44. The number of hydrogen-bond acceptors (Lipinski definition) is 4. The Labute approximate surface area is 193 Å². The van der Waals surface area contributed by atoms with E-state index < -0.39 is 22.9 Å². The summed E-state index contributed by atoms with van der Waals surface area (Å²) < 4.78 is 0. The van der Waals surface area contributed by atoms with E-state index in [1.54, 1.807) is 48.5 Å². The minimum absolute atomic E-state index is 0.0402. The van der Waals surface area contributed by atoms with Gasteiger partial charge in [-0.15, -0.1) is 0 Å². The number of aliphatic carboxylic acids is 1. The summed E-state index contributed by atoms with van der Waals surface area (Å²) in [6.45, 7) is 0.0402. The highest BCUT2D eigenvalue weighted by Gasteiger charge is 2.45.